The third-order valence-electron chi connectivity index (χ3n) is 12.6. The molecule has 1 N–H and O–H groups in total. The summed E-state index contributed by atoms with van der Waals surface area (Å²) in [6.45, 7) is 11.5. The zero-order chi connectivity index (χ0) is 21.8. The number of rotatable bonds is 0. The van der Waals surface area contributed by atoms with Gasteiger partial charge in [0.1, 0.15) is 5.72 Å². The van der Waals surface area contributed by atoms with Gasteiger partial charge in [-0.05, 0) is 118 Å². The van der Waals surface area contributed by atoms with Crippen LogP contribution in [0.25, 0.3) is 0 Å². The smallest absolute Gasteiger partial charge is 0.124 e. The van der Waals surface area contributed by atoms with E-state index in [1.807, 2.05) is 0 Å². The molecule has 0 radical (unpaired) electrons. The number of nitrogens with zero attached hydrogens (tertiary/aromatic N) is 1. The zero-order valence-electron chi connectivity index (χ0n) is 20.8. The molecule has 1 spiro atoms. The lowest BCUT2D eigenvalue weighted by atomic mass is 9.44. The normalized spacial score (nSPS) is 61.5. The fourth-order valence-electron chi connectivity index (χ4n) is 11.0. The molecule has 0 aromatic heterocycles. The Labute approximate surface area is 190 Å². The second kappa shape index (κ2) is 6.95. The number of aliphatic hydroxyl groups is 1. The summed E-state index contributed by atoms with van der Waals surface area (Å²) in [4.78, 5) is 2.60. The fraction of sp³-hybridized carbons (Fsp3) is 1.00. The van der Waals surface area contributed by atoms with E-state index < -0.39 is 0 Å². The van der Waals surface area contributed by atoms with Crippen LogP contribution in [0.15, 0.2) is 0 Å². The van der Waals surface area contributed by atoms with Crippen LogP contribution in [0.5, 0.6) is 0 Å². The molecule has 6 fully saturated rings. The number of hydrogen-bond donors (Lipinski definition) is 1. The van der Waals surface area contributed by atoms with Gasteiger partial charge in [-0.25, -0.2) is 0 Å². The van der Waals surface area contributed by atoms with Crippen molar-refractivity contribution in [3.63, 3.8) is 0 Å². The lowest BCUT2D eigenvalue weighted by Crippen LogP contribution is -2.58. The maximum Gasteiger partial charge on any atom is 0.124 e. The summed E-state index contributed by atoms with van der Waals surface area (Å²) in [5.74, 6) is 5.61. The molecule has 6 rings (SSSR count). The molecule has 0 unspecified atom stereocenters. The van der Waals surface area contributed by atoms with Crippen LogP contribution in [0.4, 0.5) is 0 Å². The quantitative estimate of drug-likeness (QED) is 0.535. The minimum Gasteiger partial charge on any atom is -0.393 e. The molecule has 0 bridgehead atoms. The fourth-order valence-corrected chi connectivity index (χ4v) is 11.0. The van der Waals surface area contributed by atoms with Crippen LogP contribution in [-0.4, -0.2) is 41.5 Å². The number of aliphatic hydroxyl groups excluding tert-OH is 1. The largest absolute Gasteiger partial charge is 0.393 e. The Hall–Kier alpha value is -0.120. The highest BCUT2D eigenvalue weighted by Gasteiger charge is 2.69. The first kappa shape index (κ1) is 21.4. The molecule has 0 aromatic carbocycles. The van der Waals surface area contributed by atoms with Crippen LogP contribution in [0.3, 0.4) is 0 Å². The Morgan fingerprint density at radius 3 is 2.42 bits per heavy atom. The SMILES string of the molecule is C[C@H]1CC[C@@]2(O[C@H]3C[C@H]4[C@@H]5CC[C@H]6C[C@@H](O)CC[C@]6(C)[C@H]5CC[C@]4(C)[C@H]3[C@@H]2C)N(C)C1. The van der Waals surface area contributed by atoms with Crippen molar-refractivity contribution in [2.24, 2.45) is 52.3 Å². The predicted molar refractivity (Wildman–Crippen MR) is 124 cm³/mol. The second-order valence-electron chi connectivity index (χ2n) is 13.7. The molecular weight excluding hydrogens is 382 g/mol. The average molecular weight is 430 g/mol. The molecule has 12 atom stereocenters. The van der Waals surface area contributed by atoms with Gasteiger partial charge in [0.25, 0.3) is 0 Å². The monoisotopic (exact) mass is 429 g/mol. The Morgan fingerprint density at radius 2 is 1.65 bits per heavy atom. The minimum atomic E-state index is -0.0324. The van der Waals surface area contributed by atoms with Crippen LogP contribution in [0, 0.1) is 52.3 Å². The van der Waals surface area contributed by atoms with E-state index in [1.54, 1.807) is 0 Å². The first-order valence-electron chi connectivity index (χ1n) is 13.8. The molecule has 0 amide bonds. The van der Waals surface area contributed by atoms with E-state index in [1.165, 1.54) is 57.9 Å². The van der Waals surface area contributed by atoms with E-state index in [2.05, 4.69) is 39.6 Å². The van der Waals surface area contributed by atoms with Crippen LogP contribution >= 0.6 is 0 Å². The molecule has 3 nitrogen and oxygen atoms in total. The van der Waals surface area contributed by atoms with E-state index in [9.17, 15) is 5.11 Å². The molecule has 4 aliphatic carbocycles. The van der Waals surface area contributed by atoms with E-state index in [0.717, 1.165) is 48.3 Å². The van der Waals surface area contributed by atoms with Crippen LogP contribution in [0.1, 0.15) is 91.9 Å². The second-order valence-corrected chi connectivity index (χ2v) is 13.7. The third kappa shape index (κ3) is 2.75. The first-order valence-corrected chi connectivity index (χ1v) is 13.8. The molecular formula is C28H47NO2. The Kier molecular flexibility index (Phi) is 4.80. The molecule has 2 saturated heterocycles. The molecule has 4 saturated carbocycles. The van der Waals surface area contributed by atoms with Crippen LogP contribution in [-0.2, 0) is 4.74 Å². The topological polar surface area (TPSA) is 32.7 Å². The summed E-state index contributed by atoms with van der Waals surface area (Å²) in [5, 5.41) is 10.3. The summed E-state index contributed by atoms with van der Waals surface area (Å²) < 4.78 is 7.16. The maximum atomic E-state index is 10.3. The van der Waals surface area contributed by atoms with Crippen molar-refractivity contribution in [1.82, 2.24) is 4.90 Å². The molecule has 31 heavy (non-hydrogen) atoms. The Bertz CT molecular complexity index is 726. The lowest BCUT2D eigenvalue weighted by Gasteiger charge is -2.61. The number of piperidine rings is 1. The third-order valence-corrected chi connectivity index (χ3v) is 12.6. The standard InChI is InChI=1S/C28H47NO2/c1-17-8-13-28(29(5)16-17)18(2)25-24(31-28)15-23-21-7-6-19-14-20(30)9-11-26(19,3)22(21)10-12-27(23,25)4/h17-25,30H,6-16H2,1-5H3/t17-,18-,19-,20-,21+,22-,23-,24-,25-,26-,27-,28-/m0/s1. The van der Waals surface area contributed by atoms with E-state index in [-0.39, 0.29) is 11.8 Å². The van der Waals surface area contributed by atoms with Gasteiger partial charge in [-0.3, -0.25) is 4.90 Å². The lowest BCUT2D eigenvalue weighted by molar-refractivity contribution is -0.188. The van der Waals surface area contributed by atoms with E-state index in [0.29, 0.717) is 22.9 Å². The summed E-state index contributed by atoms with van der Waals surface area (Å²) in [6.07, 6.45) is 13.3. The highest BCUT2D eigenvalue weighted by atomic mass is 16.5. The first-order chi connectivity index (χ1) is 14.7. The van der Waals surface area contributed by atoms with Gasteiger partial charge in [0.15, 0.2) is 0 Å². The number of hydrogen-bond acceptors (Lipinski definition) is 3. The van der Waals surface area contributed by atoms with E-state index in [4.69, 9.17) is 4.74 Å². The number of fused-ring (bicyclic) bond motifs is 7. The van der Waals surface area contributed by atoms with Crippen molar-refractivity contribution in [3.8, 4) is 0 Å². The number of ether oxygens (including phenoxy) is 1. The highest BCUT2D eigenvalue weighted by molar-refractivity contribution is 5.16. The predicted octanol–water partition coefficient (Wildman–Crippen LogP) is 5.71. The average Bonchev–Trinajstić information content (AvgIpc) is 3.17. The molecule has 2 aliphatic heterocycles. The van der Waals surface area contributed by atoms with Crippen molar-refractivity contribution in [3.05, 3.63) is 0 Å². The van der Waals surface area contributed by atoms with Gasteiger partial charge in [0, 0.05) is 12.5 Å². The van der Waals surface area contributed by atoms with Gasteiger partial charge in [-0.15, -0.1) is 0 Å². The maximum absolute atomic E-state index is 10.3. The van der Waals surface area contributed by atoms with E-state index >= 15 is 0 Å². The minimum absolute atomic E-state index is 0.00974. The van der Waals surface area contributed by atoms with Crippen molar-refractivity contribution in [2.75, 3.05) is 13.6 Å². The van der Waals surface area contributed by atoms with Gasteiger partial charge in [-0.2, -0.15) is 0 Å². The van der Waals surface area contributed by atoms with Gasteiger partial charge in [0.05, 0.1) is 12.2 Å². The van der Waals surface area contributed by atoms with Gasteiger partial charge >= 0.3 is 0 Å². The Balaban J connectivity index is 1.27. The summed E-state index contributed by atoms with van der Waals surface area (Å²) in [6, 6.07) is 0. The summed E-state index contributed by atoms with van der Waals surface area (Å²) in [5.41, 5.74) is 0.959. The molecule has 3 heteroatoms. The van der Waals surface area contributed by atoms with Crippen LogP contribution < -0.4 is 0 Å². The molecule has 176 valence electrons. The summed E-state index contributed by atoms with van der Waals surface area (Å²) in [7, 11) is 2.34. The highest BCUT2D eigenvalue weighted by Crippen LogP contribution is 2.71. The van der Waals surface area contributed by atoms with Gasteiger partial charge in [-0.1, -0.05) is 27.7 Å². The van der Waals surface area contributed by atoms with Crippen LogP contribution in [0.2, 0.25) is 0 Å². The molecule has 6 aliphatic rings. The van der Waals surface area contributed by atoms with Crippen molar-refractivity contribution in [2.45, 2.75) is 110 Å². The van der Waals surface area contributed by atoms with Gasteiger partial charge < -0.3 is 9.84 Å². The summed E-state index contributed by atoms with van der Waals surface area (Å²) >= 11 is 0. The zero-order valence-corrected chi connectivity index (χ0v) is 20.8. The van der Waals surface area contributed by atoms with Crippen molar-refractivity contribution < 1.29 is 9.84 Å². The van der Waals surface area contributed by atoms with Crippen molar-refractivity contribution >= 4 is 0 Å². The van der Waals surface area contributed by atoms with Crippen molar-refractivity contribution in [1.29, 1.82) is 0 Å². The molecule has 2 heterocycles. The van der Waals surface area contributed by atoms with Gasteiger partial charge in [0.2, 0.25) is 0 Å². The molecule has 0 aromatic rings. The number of likely N-dealkylation sites (tertiary alicyclic amines) is 1. The Morgan fingerprint density at radius 1 is 0.871 bits per heavy atom.